The number of rotatable bonds is 3. The van der Waals surface area contributed by atoms with E-state index in [4.69, 9.17) is 5.73 Å². The summed E-state index contributed by atoms with van der Waals surface area (Å²) in [7, 11) is 0. The predicted octanol–water partition coefficient (Wildman–Crippen LogP) is 3.28. The zero-order chi connectivity index (χ0) is 11.5. The number of pyridine rings is 1. The molecule has 2 N–H and O–H groups in total. The molecule has 2 rings (SSSR count). The molecule has 1 heterocycles. The number of benzene rings is 1. The van der Waals surface area contributed by atoms with Crippen LogP contribution in [0.4, 0.5) is 0 Å². The Morgan fingerprint density at radius 1 is 1.25 bits per heavy atom. The molecule has 0 aliphatic heterocycles. The van der Waals surface area contributed by atoms with Crippen molar-refractivity contribution in [2.45, 2.75) is 26.3 Å². The fraction of sp³-hybridized carbons (Fsp3) is 0.357. The Balaban J connectivity index is 2.44. The molecule has 2 nitrogen and oxygen atoms in total. The van der Waals surface area contributed by atoms with Crippen LogP contribution in [0.25, 0.3) is 10.8 Å². The highest BCUT2D eigenvalue weighted by molar-refractivity contribution is 5.85. The van der Waals surface area contributed by atoms with Crippen LogP contribution in [-0.4, -0.2) is 4.98 Å². The van der Waals surface area contributed by atoms with Crippen LogP contribution in [0, 0.1) is 5.92 Å². The highest BCUT2D eigenvalue weighted by Crippen LogP contribution is 2.25. The van der Waals surface area contributed by atoms with Crippen molar-refractivity contribution in [1.82, 2.24) is 4.98 Å². The third-order valence-electron chi connectivity index (χ3n) is 2.84. The van der Waals surface area contributed by atoms with Crippen molar-refractivity contribution < 1.29 is 0 Å². The third-order valence-corrected chi connectivity index (χ3v) is 2.84. The van der Waals surface area contributed by atoms with Crippen LogP contribution in [0.2, 0.25) is 0 Å². The van der Waals surface area contributed by atoms with Gasteiger partial charge in [0.05, 0.1) is 0 Å². The van der Waals surface area contributed by atoms with Crippen LogP contribution in [0.3, 0.4) is 0 Å². The molecule has 0 amide bonds. The van der Waals surface area contributed by atoms with Crippen molar-refractivity contribution in [2.24, 2.45) is 11.7 Å². The second kappa shape index (κ2) is 4.62. The summed E-state index contributed by atoms with van der Waals surface area (Å²) in [6.45, 7) is 4.40. The maximum atomic E-state index is 6.24. The maximum Gasteiger partial charge on any atom is 0.0346 e. The Labute approximate surface area is 96.5 Å². The van der Waals surface area contributed by atoms with Crippen molar-refractivity contribution in [3.8, 4) is 0 Å². The monoisotopic (exact) mass is 214 g/mol. The van der Waals surface area contributed by atoms with Gasteiger partial charge >= 0.3 is 0 Å². The smallest absolute Gasteiger partial charge is 0.0346 e. The summed E-state index contributed by atoms with van der Waals surface area (Å²) in [5.74, 6) is 0.618. The fourth-order valence-corrected chi connectivity index (χ4v) is 2.11. The molecule has 1 atom stereocenters. The Morgan fingerprint density at radius 2 is 2.06 bits per heavy atom. The van der Waals surface area contributed by atoms with Crippen LogP contribution in [0.15, 0.2) is 36.7 Å². The van der Waals surface area contributed by atoms with Crippen LogP contribution in [-0.2, 0) is 0 Å². The van der Waals surface area contributed by atoms with Crippen LogP contribution < -0.4 is 5.73 Å². The molecule has 0 aliphatic carbocycles. The van der Waals surface area contributed by atoms with E-state index in [2.05, 4.69) is 37.0 Å². The van der Waals surface area contributed by atoms with E-state index in [9.17, 15) is 0 Å². The second-order valence-corrected chi connectivity index (χ2v) is 4.68. The van der Waals surface area contributed by atoms with Gasteiger partial charge in [-0.1, -0.05) is 32.0 Å². The van der Waals surface area contributed by atoms with Gasteiger partial charge in [0, 0.05) is 23.8 Å². The quantitative estimate of drug-likeness (QED) is 0.851. The average Bonchev–Trinajstić information content (AvgIpc) is 2.27. The first-order valence-electron chi connectivity index (χ1n) is 5.76. The molecule has 0 saturated heterocycles. The average molecular weight is 214 g/mol. The molecule has 0 aliphatic rings. The Morgan fingerprint density at radius 3 is 2.81 bits per heavy atom. The van der Waals surface area contributed by atoms with Crippen molar-refractivity contribution in [3.63, 3.8) is 0 Å². The molecule has 1 aromatic heterocycles. The van der Waals surface area contributed by atoms with Gasteiger partial charge in [-0.25, -0.2) is 0 Å². The van der Waals surface area contributed by atoms with Gasteiger partial charge in [-0.3, -0.25) is 4.98 Å². The minimum atomic E-state index is 0.117. The van der Waals surface area contributed by atoms with E-state index < -0.39 is 0 Å². The largest absolute Gasteiger partial charge is 0.324 e. The van der Waals surface area contributed by atoms with Crippen LogP contribution in [0.5, 0.6) is 0 Å². The van der Waals surface area contributed by atoms with Crippen molar-refractivity contribution in [2.75, 3.05) is 0 Å². The molecule has 16 heavy (non-hydrogen) atoms. The number of nitrogens with zero attached hydrogens (tertiary/aromatic N) is 1. The zero-order valence-electron chi connectivity index (χ0n) is 9.85. The van der Waals surface area contributed by atoms with Gasteiger partial charge < -0.3 is 5.73 Å². The van der Waals surface area contributed by atoms with E-state index in [1.807, 2.05) is 18.5 Å². The van der Waals surface area contributed by atoms with Gasteiger partial charge in [-0.05, 0) is 29.4 Å². The zero-order valence-corrected chi connectivity index (χ0v) is 9.85. The lowest BCUT2D eigenvalue weighted by Gasteiger charge is -2.16. The highest BCUT2D eigenvalue weighted by atomic mass is 14.6. The van der Waals surface area contributed by atoms with E-state index in [0.717, 1.165) is 6.42 Å². The summed E-state index contributed by atoms with van der Waals surface area (Å²) in [5.41, 5.74) is 7.47. The normalized spacial score (nSPS) is 13.2. The molecule has 0 bridgehead atoms. The molecule has 2 aromatic rings. The van der Waals surface area contributed by atoms with Gasteiger partial charge in [0.25, 0.3) is 0 Å². The van der Waals surface area contributed by atoms with Crippen LogP contribution in [0.1, 0.15) is 31.9 Å². The van der Waals surface area contributed by atoms with Gasteiger partial charge in [0.15, 0.2) is 0 Å². The van der Waals surface area contributed by atoms with Crippen molar-refractivity contribution in [1.29, 1.82) is 0 Å². The lowest BCUT2D eigenvalue weighted by molar-refractivity contribution is 0.512. The van der Waals surface area contributed by atoms with E-state index in [1.165, 1.54) is 16.3 Å². The summed E-state index contributed by atoms with van der Waals surface area (Å²) in [6, 6.07) is 8.42. The third kappa shape index (κ3) is 2.22. The first-order valence-corrected chi connectivity index (χ1v) is 5.76. The molecule has 1 unspecified atom stereocenters. The van der Waals surface area contributed by atoms with Gasteiger partial charge in [0.1, 0.15) is 0 Å². The van der Waals surface area contributed by atoms with E-state index in [1.54, 1.807) is 0 Å². The molecule has 1 aromatic carbocycles. The lowest BCUT2D eigenvalue weighted by atomic mass is 9.94. The molecule has 0 radical (unpaired) electrons. The van der Waals surface area contributed by atoms with Crippen LogP contribution >= 0.6 is 0 Å². The van der Waals surface area contributed by atoms with E-state index >= 15 is 0 Å². The minimum Gasteiger partial charge on any atom is -0.324 e. The first kappa shape index (κ1) is 11.1. The molecule has 84 valence electrons. The first-order chi connectivity index (χ1) is 7.68. The molecule has 0 fully saturated rings. The van der Waals surface area contributed by atoms with Gasteiger partial charge in [-0.2, -0.15) is 0 Å². The number of nitrogens with two attached hydrogens (primary N) is 1. The molecule has 2 heteroatoms. The van der Waals surface area contributed by atoms with Gasteiger partial charge in [-0.15, -0.1) is 0 Å². The summed E-state index contributed by atoms with van der Waals surface area (Å²) in [5, 5.41) is 2.39. The second-order valence-electron chi connectivity index (χ2n) is 4.68. The number of hydrogen-bond donors (Lipinski definition) is 1. The Bertz CT molecular complexity index is 472. The minimum absolute atomic E-state index is 0.117. The molecule has 0 saturated carbocycles. The summed E-state index contributed by atoms with van der Waals surface area (Å²) in [4.78, 5) is 4.13. The molecular formula is C14H18N2. The molecule has 0 spiro atoms. The SMILES string of the molecule is CC(C)CC(N)c1cccc2cnccc12. The standard InChI is InChI=1S/C14H18N2/c1-10(2)8-14(15)13-5-3-4-11-9-16-7-6-12(11)13/h3-7,9-10,14H,8,15H2,1-2H3. The number of hydrogen-bond acceptors (Lipinski definition) is 2. The maximum absolute atomic E-state index is 6.24. The number of aromatic nitrogens is 1. The predicted molar refractivity (Wildman–Crippen MR) is 68.1 cm³/mol. The fourth-order valence-electron chi connectivity index (χ4n) is 2.11. The lowest BCUT2D eigenvalue weighted by Crippen LogP contribution is -2.13. The van der Waals surface area contributed by atoms with E-state index in [-0.39, 0.29) is 6.04 Å². The summed E-state index contributed by atoms with van der Waals surface area (Å²) < 4.78 is 0. The van der Waals surface area contributed by atoms with E-state index in [0.29, 0.717) is 5.92 Å². The topological polar surface area (TPSA) is 38.9 Å². The summed E-state index contributed by atoms with van der Waals surface area (Å²) >= 11 is 0. The summed E-state index contributed by atoms with van der Waals surface area (Å²) in [6.07, 6.45) is 4.73. The molecular weight excluding hydrogens is 196 g/mol. The Kier molecular flexibility index (Phi) is 3.20. The van der Waals surface area contributed by atoms with Crippen molar-refractivity contribution in [3.05, 3.63) is 42.2 Å². The highest BCUT2D eigenvalue weighted by Gasteiger charge is 2.10. The van der Waals surface area contributed by atoms with Gasteiger partial charge in [0.2, 0.25) is 0 Å². The Hall–Kier alpha value is -1.41. The number of fused-ring (bicyclic) bond motifs is 1. The van der Waals surface area contributed by atoms with Crippen molar-refractivity contribution >= 4 is 10.8 Å².